The first kappa shape index (κ1) is 23.5. The molecule has 188 valence electrons. The lowest BCUT2D eigenvalue weighted by Gasteiger charge is -2.30. The van der Waals surface area contributed by atoms with Crippen LogP contribution >= 0.6 is 0 Å². The van der Waals surface area contributed by atoms with Crippen LogP contribution in [0.1, 0.15) is 35.1 Å². The number of aryl methyl sites for hydroxylation is 1. The molecule has 6 aromatic rings. The van der Waals surface area contributed by atoms with Crippen molar-refractivity contribution in [2.24, 2.45) is 0 Å². The summed E-state index contributed by atoms with van der Waals surface area (Å²) in [6.45, 7) is 0. The van der Waals surface area contributed by atoms with E-state index in [-0.39, 0.29) is 0 Å². The Kier molecular flexibility index (Phi) is 6.19. The lowest BCUT2D eigenvalue weighted by molar-refractivity contribution is 0.686. The Morgan fingerprint density at radius 2 is 1.10 bits per heavy atom. The Balaban J connectivity index is 1.20. The molecule has 0 saturated carbocycles. The number of rotatable bonds is 5. The summed E-state index contributed by atoms with van der Waals surface area (Å²) >= 11 is 0. The number of hydrogen-bond donors (Lipinski definition) is 0. The zero-order chi connectivity index (χ0) is 26.0. The summed E-state index contributed by atoms with van der Waals surface area (Å²) in [6, 6.07) is 46.4. The highest BCUT2D eigenvalue weighted by Crippen LogP contribution is 2.40. The number of hydrogen-bond acceptors (Lipinski definition) is 1. The molecular formula is C38H31N. The molecule has 0 saturated heterocycles. The molecule has 0 bridgehead atoms. The fourth-order valence-electron chi connectivity index (χ4n) is 5.96. The van der Waals surface area contributed by atoms with E-state index in [1.165, 1.54) is 80.1 Å². The summed E-state index contributed by atoms with van der Waals surface area (Å²) in [5.74, 6) is 0. The summed E-state index contributed by atoms with van der Waals surface area (Å²) in [5.41, 5.74) is 9.11. The molecule has 0 fully saturated rings. The average Bonchev–Trinajstić information content (AvgIpc) is 3.00. The van der Waals surface area contributed by atoms with Crippen LogP contribution in [0.2, 0.25) is 0 Å². The predicted octanol–water partition coefficient (Wildman–Crippen LogP) is 10.5. The maximum absolute atomic E-state index is 2.42. The van der Waals surface area contributed by atoms with E-state index in [1.54, 1.807) is 0 Å². The fourth-order valence-corrected chi connectivity index (χ4v) is 5.96. The van der Waals surface area contributed by atoms with Crippen molar-refractivity contribution in [1.82, 2.24) is 0 Å². The first-order chi connectivity index (χ1) is 19.3. The molecule has 0 radical (unpaired) electrons. The zero-order valence-corrected chi connectivity index (χ0v) is 22.1. The monoisotopic (exact) mass is 501 g/mol. The van der Waals surface area contributed by atoms with Crippen molar-refractivity contribution < 1.29 is 0 Å². The molecule has 7 rings (SSSR count). The molecule has 0 spiro atoms. The molecule has 1 aliphatic carbocycles. The summed E-state index contributed by atoms with van der Waals surface area (Å²) in [7, 11) is 0. The van der Waals surface area contributed by atoms with Gasteiger partial charge in [-0.2, -0.15) is 0 Å². The number of anilines is 3. The molecule has 0 atom stereocenters. The van der Waals surface area contributed by atoms with Gasteiger partial charge in [0.05, 0.1) is 0 Å². The molecular weight excluding hydrogens is 470 g/mol. The van der Waals surface area contributed by atoms with E-state index in [9.17, 15) is 0 Å². The molecule has 39 heavy (non-hydrogen) atoms. The summed E-state index contributed by atoms with van der Waals surface area (Å²) in [5, 5.41) is 5.12. The Morgan fingerprint density at radius 1 is 0.462 bits per heavy atom. The summed E-state index contributed by atoms with van der Waals surface area (Å²) < 4.78 is 0. The highest BCUT2D eigenvalue weighted by atomic mass is 15.1. The molecule has 0 unspecified atom stereocenters. The quantitative estimate of drug-likeness (QED) is 0.168. The van der Waals surface area contributed by atoms with Crippen LogP contribution in [-0.2, 0) is 12.8 Å². The van der Waals surface area contributed by atoms with Crippen molar-refractivity contribution in [1.29, 1.82) is 0 Å². The van der Waals surface area contributed by atoms with Crippen LogP contribution in [0.5, 0.6) is 0 Å². The third kappa shape index (κ3) is 4.73. The minimum absolute atomic E-state index is 1.15. The van der Waals surface area contributed by atoms with Gasteiger partial charge < -0.3 is 4.90 Å². The topological polar surface area (TPSA) is 3.24 Å². The van der Waals surface area contributed by atoms with Crippen molar-refractivity contribution in [2.75, 3.05) is 4.90 Å². The number of nitrogens with zero attached hydrogens (tertiary/aromatic N) is 1. The predicted molar refractivity (Wildman–Crippen MR) is 168 cm³/mol. The molecule has 0 N–H and O–H groups in total. The van der Waals surface area contributed by atoms with Gasteiger partial charge in [0, 0.05) is 17.1 Å². The van der Waals surface area contributed by atoms with Crippen LogP contribution in [-0.4, -0.2) is 0 Å². The number of para-hydroxylation sites is 1. The van der Waals surface area contributed by atoms with Gasteiger partial charge in [-0.05, 0) is 118 Å². The van der Waals surface area contributed by atoms with Gasteiger partial charge in [-0.15, -0.1) is 0 Å². The first-order valence-corrected chi connectivity index (χ1v) is 14.0. The summed E-state index contributed by atoms with van der Waals surface area (Å²) in [4.78, 5) is 2.42. The minimum Gasteiger partial charge on any atom is -0.310 e. The van der Waals surface area contributed by atoms with Gasteiger partial charge >= 0.3 is 0 Å². The van der Waals surface area contributed by atoms with Gasteiger partial charge in [0.1, 0.15) is 0 Å². The van der Waals surface area contributed by atoms with Crippen molar-refractivity contribution in [3.05, 3.63) is 150 Å². The second-order valence-corrected chi connectivity index (χ2v) is 10.5. The Morgan fingerprint density at radius 3 is 1.92 bits per heavy atom. The van der Waals surface area contributed by atoms with Crippen LogP contribution in [0.25, 0.3) is 33.7 Å². The zero-order valence-electron chi connectivity index (χ0n) is 22.1. The van der Waals surface area contributed by atoms with Crippen LogP contribution < -0.4 is 4.90 Å². The number of benzene rings is 6. The SMILES string of the molecule is C(=Cc1ccc2cc3ccccc3cc2c1)c1ccc(N(c2ccccc2)c2cccc3c2CCCC3)cc1. The van der Waals surface area contributed by atoms with Crippen molar-refractivity contribution in [2.45, 2.75) is 25.7 Å². The van der Waals surface area contributed by atoms with Crippen molar-refractivity contribution in [3.8, 4) is 0 Å². The van der Waals surface area contributed by atoms with E-state index < -0.39 is 0 Å². The van der Waals surface area contributed by atoms with E-state index in [4.69, 9.17) is 0 Å². The molecule has 0 aromatic heterocycles. The van der Waals surface area contributed by atoms with Gasteiger partial charge in [-0.1, -0.05) is 91.0 Å². The fraction of sp³-hybridized carbons (Fsp3) is 0.105. The summed E-state index contributed by atoms with van der Waals surface area (Å²) in [6.07, 6.45) is 9.31. The smallest absolute Gasteiger partial charge is 0.0496 e. The Bertz CT molecular complexity index is 1800. The third-order valence-electron chi connectivity index (χ3n) is 7.97. The van der Waals surface area contributed by atoms with Gasteiger partial charge in [0.15, 0.2) is 0 Å². The second kappa shape index (κ2) is 10.3. The Hall–Kier alpha value is -4.62. The first-order valence-electron chi connectivity index (χ1n) is 14.0. The van der Waals surface area contributed by atoms with Gasteiger partial charge in [-0.3, -0.25) is 0 Å². The van der Waals surface area contributed by atoms with E-state index in [1.807, 2.05) is 0 Å². The van der Waals surface area contributed by atoms with E-state index >= 15 is 0 Å². The van der Waals surface area contributed by atoms with Crippen molar-refractivity contribution in [3.63, 3.8) is 0 Å². The largest absolute Gasteiger partial charge is 0.310 e. The lowest BCUT2D eigenvalue weighted by atomic mass is 9.90. The third-order valence-corrected chi connectivity index (χ3v) is 7.97. The maximum Gasteiger partial charge on any atom is 0.0496 e. The molecule has 1 heteroatoms. The van der Waals surface area contributed by atoms with E-state index in [0.29, 0.717) is 0 Å². The highest BCUT2D eigenvalue weighted by molar-refractivity contribution is 5.99. The molecule has 0 aliphatic heterocycles. The van der Waals surface area contributed by atoms with Crippen LogP contribution in [0.15, 0.2) is 127 Å². The molecule has 0 heterocycles. The van der Waals surface area contributed by atoms with Crippen LogP contribution in [0.3, 0.4) is 0 Å². The highest BCUT2D eigenvalue weighted by Gasteiger charge is 2.19. The molecule has 6 aromatic carbocycles. The molecule has 0 amide bonds. The molecule has 1 aliphatic rings. The van der Waals surface area contributed by atoms with Gasteiger partial charge in [0.25, 0.3) is 0 Å². The van der Waals surface area contributed by atoms with Crippen LogP contribution in [0, 0.1) is 0 Å². The minimum atomic E-state index is 1.15. The van der Waals surface area contributed by atoms with Gasteiger partial charge in [-0.25, -0.2) is 0 Å². The molecule has 1 nitrogen and oxygen atoms in total. The van der Waals surface area contributed by atoms with Crippen LogP contribution in [0.4, 0.5) is 17.1 Å². The standard InChI is InChI=1S/C38H31N/c1-2-13-35(14-3-1)39(38-16-8-12-30-9-6-7-15-37(30)38)36-23-20-28(21-24-36)17-18-29-19-22-33-26-31-10-4-5-11-32(31)27-34(33)25-29/h1-5,8,10-14,16-27H,6-7,9,15H2. The number of fused-ring (bicyclic) bond motifs is 3. The normalized spacial score (nSPS) is 13.1. The van der Waals surface area contributed by atoms with Gasteiger partial charge in [0.2, 0.25) is 0 Å². The lowest BCUT2D eigenvalue weighted by Crippen LogP contribution is -2.15. The maximum atomic E-state index is 2.42. The Labute approximate surface area is 230 Å². The van der Waals surface area contributed by atoms with E-state index in [0.717, 1.165) is 6.42 Å². The average molecular weight is 502 g/mol. The second-order valence-electron chi connectivity index (χ2n) is 10.5. The van der Waals surface area contributed by atoms with Crippen molar-refractivity contribution >= 4 is 50.8 Å². The van der Waals surface area contributed by atoms with E-state index in [2.05, 4.69) is 144 Å².